The molecule has 1 aromatic carbocycles. The van der Waals surface area contributed by atoms with Gasteiger partial charge in [0.25, 0.3) is 5.69 Å². The SMILES string of the molecule is C=CCCN(C(=O)O)c1cc(-c2ccc([N+](=O)[O-])cc2N)ccn1. The van der Waals surface area contributed by atoms with Gasteiger partial charge in [-0.3, -0.25) is 15.0 Å². The van der Waals surface area contributed by atoms with Crippen molar-refractivity contribution in [3.8, 4) is 11.1 Å². The molecule has 124 valence electrons. The minimum absolute atomic E-state index is 0.108. The molecule has 0 radical (unpaired) electrons. The average Bonchev–Trinajstić information content (AvgIpc) is 2.55. The van der Waals surface area contributed by atoms with Crippen LogP contribution in [0.4, 0.5) is 22.0 Å². The Hall–Kier alpha value is -3.42. The number of nitrogens with zero attached hydrogens (tertiary/aromatic N) is 3. The van der Waals surface area contributed by atoms with Crippen LogP contribution in [0.1, 0.15) is 6.42 Å². The highest BCUT2D eigenvalue weighted by Crippen LogP contribution is 2.30. The van der Waals surface area contributed by atoms with Gasteiger partial charge >= 0.3 is 6.09 Å². The van der Waals surface area contributed by atoms with E-state index in [2.05, 4.69) is 11.6 Å². The molecule has 2 rings (SSSR count). The molecule has 0 aliphatic heterocycles. The number of nitrogen functional groups attached to an aromatic ring is 1. The Kier molecular flexibility index (Phi) is 5.10. The van der Waals surface area contributed by atoms with Crippen molar-refractivity contribution in [3.05, 3.63) is 59.3 Å². The number of hydrogen-bond donors (Lipinski definition) is 2. The lowest BCUT2D eigenvalue weighted by Gasteiger charge is -2.18. The van der Waals surface area contributed by atoms with Crippen LogP contribution in [0.25, 0.3) is 11.1 Å². The summed E-state index contributed by atoms with van der Waals surface area (Å²) in [5, 5.41) is 20.1. The fraction of sp³-hybridized carbons (Fsp3) is 0.125. The molecular formula is C16H16N4O4. The second-order valence-electron chi connectivity index (χ2n) is 4.94. The summed E-state index contributed by atoms with van der Waals surface area (Å²) in [6.45, 7) is 3.80. The average molecular weight is 328 g/mol. The van der Waals surface area contributed by atoms with Crippen molar-refractivity contribution >= 4 is 23.3 Å². The van der Waals surface area contributed by atoms with Gasteiger partial charge in [0.05, 0.1) is 4.92 Å². The maximum Gasteiger partial charge on any atom is 0.413 e. The molecule has 8 nitrogen and oxygen atoms in total. The number of benzene rings is 1. The number of carboxylic acid groups (broad SMARTS) is 1. The summed E-state index contributed by atoms with van der Waals surface area (Å²) in [5.74, 6) is 0.250. The van der Waals surface area contributed by atoms with E-state index in [0.29, 0.717) is 17.5 Å². The van der Waals surface area contributed by atoms with E-state index in [0.717, 1.165) is 4.90 Å². The van der Waals surface area contributed by atoms with E-state index >= 15 is 0 Å². The second-order valence-corrected chi connectivity index (χ2v) is 4.94. The summed E-state index contributed by atoms with van der Waals surface area (Å²) in [6, 6.07) is 7.38. The van der Waals surface area contributed by atoms with Crippen LogP contribution in [-0.2, 0) is 0 Å². The number of anilines is 2. The monoisotopic (exact) mass is 328 g/mol. The molecule has 1 heterocycles. The normalized spacial score (nSPS) is 10.2. The summed E-state index contributed by atoms with van der Waals surface area (Å²) < 4.78 is 0. The fourth-order valence-electron chi connectivity index (χ4n) is 2.19. The van der Waals surface area contributed by atoms with Gasteiger partial charge in [0.2, 0.25) is 0 Å². The van der Waals surface area contributed by atoms with E-state index in [-0.39, 0.29) is 23.7 Å². The zero-order valence-corrected chi connectivity index (χ0v) is 12.8. The molecule has 0 bridgehead atoms. The molecular weight excluding hydrogens is 312 g/mol. The standard InChI is InChI=1S/C16H16N4O4/c1-2-3-8-19(16(21)22)15-9-11(6-7-18-15)13-5-4-12(20(23)24)10-14(13)17/h2,4-7,9-10H,1,3,8,17H2,(H,21,22). The van der Waals surface area contributed by atoms with Crippen LogP contribution >= 0.6 is 0 Å². The van der Waals surface area contributed by atoms with Crippen molar-refractivity contribution in [2.24, 2.45) is 0 Å². The van der Waals surface area contributed by atoms with Crippen molar-refractivity contribution in [2.75, 3.05) is 17.2 Å². The molecule has 0 spiro atoms. The molecule has 0 fully saturated rings. The van der Waals surface area contributed by atoms with Gasteiger partial charge in [-0.05, 0) is 30.2 Å². The maximum atomic E-state index is 11.4. The highest BCUT2D eigenvalue weighted by atomic mass is 16.6. The topological polar surface area (TPSA) is 123 Å². The van der Waals surface area contributed by atoms with Gasteiger partial charge in [-0.1, -0.05) is 6.08 Å². The number of pyridine rings is 1. The van der Waals surface area contributed by atoms with Gasteiger partial charge in [0.1, 0.15) is 5.82 Å². The number of rotatable bonds is 6. The molecule has 0 saturated heterocycles. The quantitative estimate of drug-likeness (QED) is 0.363. The van der Waals surface area contributed by atoms with Crippen LogP contribution in [-0.4, -0.2) is 27.7 Å². The summed E-state index contributed by atoms with van der Waals surface area (Å²) in [4.78, 5) is 26.8. The lowest BCUT2D eigenvalue weighted by atomic mass is 10.0. The Morgan fingerprint density at radius 1 is 1.42 bits per heavy atom. The Labute approximate surface area is 138 Å². The summed E-state index contributed by atoms with van der Waals surface area (Å²) in [6.07, 6.45) is 2.44. The molecule has 8 heteroatoms. The van der Waals surface area contributed by atoms with E-state index in [9.17, 15) is 20.0 Å². The molecule has 24 heavy (non-hydrogen) atoms. The van der Waals surface area contributed by atoms with E-state index in [4.69, 9.17) is 5.73 Å². The van der Waals surface area contributed by atoms with Gasteiger partial charge < -0.3 is 10.8 Å². The number of non-ortho nitro benzene ring substituents is 1. The van der Waals surface area contributed by atoms with Gasteiger partial charge in [-0.2, -0.15) is 0 Å². The number of nitrogens with two attached hydrogens (primary N) is 1. The molecule has 0 atom stereocenters. The first-order valence-electron chi connectivity index (χ1n) is 7.05. The zero-order valence-electron chi connectivity index (χ0n) is 12.8. The molecule has 1 amide bonds. The van der Waals surface area contributed by atoms with Crippen LogP contribution in [0, 0.1) is 10.1 Å². The number of amides is 1. The Morgan fingerprint density at radius 3 is 2.75 bits per heavy atom. The highest BCUT2D eigenvalue weighted by Gasteiger charge is 2.16. The van der Waals surface area contributed by atoms with Crippen LogP contribution in [0.3, 0.4) is 0 Å². The first-order chi connectivity index (χ1) is 11.4. The third-order valence-electron chi connectivity index (χ3n) is 3.37. The molecule has 0 aliphatic carbocycles. The Morgan fingerprint density at radius 2 is 2.17 bits per heavy atom. The summed E-state index contributed by atoms with van der Waals surface area (Å²) >= 11 is 0. The number of nitro groups is 1. The molecule has 2 aromatic rings. The summed E-state index contributed by atoms with van der Waals surface area (Å²) in [7, 11) is 0. The number of hydrogen-bond acceptors (Lipinski definition) is 5. The van der Waals surface area contributed by atoms with Crippen LogP contribution < -0.4 is 10.6 Å². The lowest BCUT2D eigenvalue weighted by molar-refractivity contribution is -0.384. The Balaban J connectivity index is 2.41. The van der Waals surface area contributed by atoms with Gasteiger partial charge in [0, 0.05) is 36.1 Å². The fourth-order valence-corrected chi connectivity index (χ4v) is 2.19. The van der Waals surface area contributed by atoms with Crippen LogP contribution in [0.5, 0.6) is 0 Å². The summed E-state index contributed by atoms with van der Waals surface area (Å²) in [5.41, 5.74) is 7.20. The molecule has 0 saturated carbocycles. The van der Waals surface area contributed by atoms with E-state index in [1.165, 1.54) is 24.4 Å². The lowest BCUT2D eigenvalue weighted by Crippen LogP contribution is -2.30. The number of aromatic nitrogens is 1. The minimum atomic E-state index is -1.13. The second kappa shape index (κ2) is 7.23. The molecule has 0 aliphatic rings. The molecule has 1 aromatic heterocycles. The predicted octanol–water partition coefficient (Wildman–Crippen LogP) is 3.30. The third kappa shape index (κ3) is 3.67. The van der Waals surface area contributed by atoms with Crippen molar-refractivity contribution in [3.63, 3.8) is 0 Å². The first-order valence-corrected chi connectivity index (χ1v) is 7.05. The number of carbonyl (C=O) groups is 1. The van der Waals surface area contributed by atoms with Crippen molar-refractivity contribution < 1.29 is 14.8 Å². The maximum absolute atomic E-state index is 11.4. The van der Waals surface area contributed by atoms with Crippen molar-refractivity contribution in [1.29, 1.82) is 0 Å². The Bertz CT molecular complexity index is 791. The molecule has 3 N–H and O–H groups in total. The van der Waals surface area contributed by atoms with Crippen LogP contribution in [0.2, 0.25) is 0 Å². The van der Waals surface area contributed by atoms with Crippen molar-refractivity contribution in [1.82, 2.24) is 4.98 Å². The third-order valence-corrected chi connectivity index (χ3v) is 3.37. The highest BCUT2D eigenvalue weighted by molar-refractivity contribution is 5.87. The van der Waals surface area contributed by atoms with Crippen LogP contribution in [0.15, 0.2) is 49.2 Å². The zero-order chi connectivity index (χ0) is 17.7. The minimum Gasteiger partial charge on any atom is -0.465 e. The van der Waals surface area contributed by atoms with Gasteiger partial charge in [-0.25, -0.2) is 9.78 Å². The van der Waals surface area contributed by atoms with E-state index in [1.807, 2.05) is 0 Å². The van der Waals surface area contributed by atoms with Gasteiger partial charge in [-0.15, -0.1) is 6.58 Å². The van der Waals surface area contributed by atoms with Crippen molar-refractivity contribution in [2.45, 2.75) is 6.42 Å². The number of nitro benzene ring substituents is 1. The molecule has 0 unspecified atom stereocenters. The largest absolute Gasteiger partial charge is 0.465 e. The predicted molar refractivity (Wildman–Crippen MR) is 90.9 cm³/mol. The smallest absolute Gasteiger partial charge is 0.413 e. The van der Waals surface area contributed by atoms with E-state index < -0.39 is 11.0 Å². The van der Waals surface area contributed by atoms with E-state index in [1.54, 1.807) is 18.2 Å². The van der Waals surface area contributed by atoms with Gasteiger partial charge in [0.15, 0.2) is 0 Å². The first kappa shape index (κ1) is 16.9.